The van der Waals surface area contributed by atoms with Crippen LogP contribution in [0.5, 0.6) is 0 Å². The summed E-state index contributed by atoms with van der Waals surface area (Å²) in [5.41, 5.74) is 0. The van der Waals surface area contributed by atoms with E-state index in [2.05, 4.69) is 26.2 Å². The third-order valence-corrected chi connectivity index (χ3v) is 3.76. The van der Waals surface area contributed by atoms with Gasteiger partial charge in [-0.1, -0.05) is 19.3 Å². The van der Waals surface area contributed by atoms with Crippen molar-refractivity contribution >= 4 is 27.8 Å². The molecular weight excluding hydrogens is 294 g/mol. The summed E-state index contributed by atoms with van der Waals surface area (Å²) in [6.07, 6.45) is 7.59. The second-order valence-corrected chi connectivity index (χ2v) is 5.59. The van der Waals surface area contributed by atoms with Gasteiger partial charge in [-0.25, -0.2) is 9.78 Å². The summed E-state index contributed by atoms with van der Waals surface area (Å²) in [6, 6.07) is 3.96. The number of pyridine rings is 1. The highest BCUT2D eigenvalue weighted by molar-refractivity contribution is 9.10. The summed E-state index contributed by atoms with van der Waals surface area (Å²) in [7, 11) is 1.74. The zero-order valence-electron chi connectivity index (χ0n) is 10.5. The maximum Gasteiger partial charge on any atom is 0.323 e. The van der Waals surface area contributed by atoms with Gasteiger partial charge in [0.25, 0.3) is 0 Å². The van der Waals surface area contributed by atoms with Crippen molar-refractivity contribution in [2.75, 3.05) is 11.9 Å². The topological polar surface area (TPSA) is 45.2 Å². The standard InChI is InChI=1S/C13H18BrN3O/c1-17(12-8-7-10(14)9-15-12)13(18)16-11-5-3-2-4-6-11/h7-9,11H,2-6H2,1H3,(H,16,18). The lowest BCUT2D eigenvalue weighted by molar-refractivity contribution is 0.239. The average Bonchev–Trinajstić information content (AvgIpc) is 2.40. The fourth-order valence-electron chi connectivity index (χ4n) is 2.19. The van der Waals surface area contributed by atoms with Crippen LogP contribution in [0.4, 0.5) is 10.6 Å². The highest BCUT2D eigenvalue weighted by Gasteiger charge is 2.18. The number of carbonyl (C=O) groups excluding carboxylic acids is 1. The second-order valence-electron chi connectivity index (χ2n) is 4.68. The van der Waals surface area contributed by atoms with Crippen molar-refractivity contribution in [3.05, 3.63) is 22.8 Å². The molecule has 1 heterocycles. The van der Waals surface area contributed by atoms with Crippen LogP contribution in [0.3, 0.4) is 0 Å². The van der Waals surface area contributed by atoms with Gasteiger partial charge in [-0.15, -0.1) is 0 Å². The van der Waals surface area contributed by atoms with E-state index in [-0.39, 0.29) is 6.03 Å². The van der Waals surface area contributed by atoms with E-state index in [9.17, 15) is 4.79 Å². The molecule has 1 aliphatic carbocycles. The number of urea groups is 1. The fraction of sp³-hybridized carbons (Fsp3) is 0.538. The summed E-state index contributed by atoms with van der Waals surface area (Å²) in [5, 5.41) is 3.07. The Balaban J connectivity index is 1.93. The van der Waals surface area contributed by atoms with Crippen molar-refractivity contribution in [3.63, 3.8) is 0 Å². The molecule has 98 valence electrons. The number of carbonyl (C=O) groups is 1. The molecule has 0 unspecified atom stereocenters. The number of hydrogen-bond donors (Lipinski definition) is 1. The Hall–Kier alpha value is -1.10. The monoisotopic (exact) mass is 311 g/mol. The average molecular weight is 312 g/mol. The maximum atomic E-state index is 12.1. The Morgan fingerprint density at radius 3 is 2.72 bits per heavy atom. The zero-order valence-corrected chi connectivity index (χ0v) is 12.1. The first-order valence-corrected chi connectivity index (χ1v) is 7.12. The lowest BCUT2D eigenvalue weighted by Gasteiger charge is -2.25. The van der Waals surface area contributed by atoms with E-state index in [0.29, 0.717) is 11.9 Å². The minimum atomic E-state index is -0.0725. The van der Waals surface area contributed by atoms with Crippen molar-refractivity contribution < 1.29 is 4.79 Å². The minimum Gasteiger partial charge on any atom is -0.335 e. The van der Waals surface area contributed by atoms with E-state index >= 15 is 0 Å². The molecular formula is C13H18BrN3O. The van der Waals surface area contributed by atoms with Crippen molar-refractivity contribution in [2.24, 2.45) is 0 Å². The number of nitrogens with one attached hydrogen (secondary N) is 1. The van der Waals surface area contributed by atoms with Gasteiger partial charge in [-0.2, -0.15) is 0 Å². The van der Waals surface area contributed by atoms with Crippen LogP contribution in [0.25, 0.3) is 0 Å². The molecule has 1 fully saturated rings. The zero-order chi connectivity index (χ0) is 13.0. The van der Waals surface area contributed by atoms with Gasteiger partial charge in [0, 0.05) is 23.8 Å². The van der Waals surface area contributed by atoms with Gasteiger partial charge in [-0.05, 0) is 40.9 Å². The first kappa shape index (κ1) is 13.3. The molecule has 18 heavy (non-hydrogen) atoms. The Morgan fingerprint density at radius 2 is 2.11 bits per heavy atom. The molecule has 0 bridgehead atoms. The maximum absolute atomic E-state index is 12.1. The fourth-order valence-corrected chi connectivity index (χ4v) is 2.42. The molecule has 2 amide bonds. The molecule has 0 aromatic carbocycles. The Kier molecular flexibility index (Phi) is 4.58. The van der Waals surface area contributed by atoms with Crippen LogP contribution in [0.2, 0.25) is 0 Å². The van der Waals surface area contributed by atoms with Crippen molar-refractivity contribution in [2.45, 2.75) is 38.1 Å². The van der Waals surface area contributed by atoms with E-state index in [1.165, 1.54) is 19.3 Å². The molecule has 0 aliphatic heterocycles. The molecule has 1 aliphatic rings. The molecule has 5 heteroatoms. The number of nitrogens with zero attached hydrogens (tertiary/aromatic N) is 2. The summed E-state index contributed by atoms with van der Waals surface area (Å²) < 4.78 is 0.910. The predicted molar refractivity (Wildman–Crippen MR) is 75.7 cm³/mol. The smallest absolute Gasteiger partial charge is 0.323 e. The summed E-state index contributed by atoms with van der Waals surface area (Å²) in [4.78, 5) is 17.8. The molecule has 1 aromatic rings. The van der Waals surface area contributed by atoms with Gasteiger partial charge in [-0.3, -0.25) is 4.90 Å². The highest BCUT2D eigenvalue weighted by atomic mass is 79.9. The van der Waals surface area contributed by atoms with Gasteiger partial charge in [0.1, 0.15) is 5.82 Å². The number of aromatic nitrogens is 1. The highest BCUT2D eigenvalue weighted by Crippen LogP contribution is 2.18. The van der Waals surface area contributed by atoms with Crippen molar-refractivity contribution in [1.29, 1.82) is 0 Å². The van der Waals surface area contributed by atoms with E-state index in [0.717, 1.165) is 17.3 Å². The van der Waals surface area contributed by atoms with Crippen molar-refractivity contribution in [3.8, 4) is 0 Å². The van der Waals surface area contributed by atoms with Gasteiger partial charge in [0.05, 0.1) is 0 Å². The van der Waals surface area contributed by atoms with Crippen LogP contribution in [-0.2, 0) is 0 Å². The second kappa shape index (κ2) is 6.18. The first-order valence-electron chi connectivity index (χ1n) is 6.32. The van der Waals surface area contributed by atoms with E-state index in [1.807, 2.05) is 12.1 Å². The van der Waals surface area contributed by atoms with Gasteiger partial charge in [0.2, 0.25) is 0 Å². The predicted octanol–water partition coefficient (Wildman–Crippen LogP) is 3.32. The quantitative estimate of drug-likeness (QED) is 0.910. The number of rotatable bonds is 2. The Bertz CT molecular complexity index is 401. The summed E-state index contributed by atoms with van der Waals surface area (Å²) in [6.45, 7) is 0. The summed E-state index contributed by atoms with van der Waals surface area (Å²) in [5.74, 6) is 0.659. The molecule has 1 N–H and O–H groups in total. The van der Waals surface area contributed by atoms with E-state index in [1.54, 1.807) is 18.1 Å². The van der Waals surface area contributed by atoms with Crippen LogP contribution in [-0.4, -0.2) is 24.1 Å². The summed E-state index contributed by atoms with van der Waals surface area (Å²) >= 11 is 3.33. The number of anilines is 1. The molecule has 0 atom stereocenters. The molecule has 0 spiro atoms. The number of amides is 2. The first-order chi connectivity index (χ1) is 8.66. The number of halogens is 1. The van der Waals surface area contributed by atoms with Gasteiger partial charge in [0.15, 0.2) is 0 Å². The van der Waals surface area contributed by atoms with E-state index in [4.69, 9.17) is 0 Å². The van der Waals surface area contributed by atoms with Crippen LogP contribution in [0.15, 0.2) is 22.8 Å². The molecule has 1 aromatic heterocycles. The Morgan fingerprint density at radius 1 is 1.39 bits per heavy atom. The van der Waals surface area contributed by atoms with Gasteiger partial charge >= 0.3 is 6.03 Å². The third-order valence-electron chi connectivity index (χ3n) is 3.29. The largest absolute Gasteiger partial charge is 0.335 e. The molecule has 1 saturated carbocycles. The normalized spacial score (nSPS) is 16.3. The number of hydrogen-bond acceptors (Lipinski definition) is 2. The molecule has 4 nitrogen and oxygen atoms in total. The lowest BCUT2D eigenvalue weighted by Crippen LogP contribution is -2.44. The SMILES string of the molecule is CN(C(=O)NC1CCCCC1)c1ccc(Br)cn1. The Labute approximate surface area is 116 Å². The van der Waals surface area contributed by atoms with Crippen LogP contribution >= 0.6 is 15.9 Å². The molecule has 0 saturated heterocycles. The van der Waals surface area contributed by atoms with E-state index < -0.39 is 0 Å². The van der Waals surface area contributed by atoms with Crippen molar-refractivity contribution in [1.82, 2.24) is 10.3 Å². The third kappa shape index (κ3) is 3.45. The van der Waals surface area contributed by atoms with Crippen LogP contribution in [0.1, 0.15) is 32.1 Å². The van der Waals surface area contributed by atoms with Crippen LogP contribution in [0, 0.1) is 0 Å². The molecule has 2 rings (SSSR count). The minimum absolute atomic E-state index is 0.0725. The van der Waals surface area contributed by atoms with Crippen LogP contribution < -0.4 is 10.2 Å². The van der Waals surface area contributed by atoms with Gasteiger partial charge < -0.3 is 5.32 Å². The molecule has 0 radical (unpaired) electrons. The lowest BCUT2D eigenvalue weighted by atomic mass is 9.96.